The molecule has 0 amide bonds. The second-order valence-electron chi connectivity index (χ2n) is 6.18. The Morgan fingerprint density at radius 3 is 2.71 bits per heavy atom. The number of methoxy groups -OCH3 is 2. The largest absolute Gasteiger partial charge is 0.497 e. The van der Waals surface area contributed by atoms with Gasteiger partial charge in [0.25, 0.3) is 0 Å². The molecule has 21 heavy (non-hydrogen) atoms. The Morgan fingerprint density at radius 2 is 2.14 bits per heavy atom. The Balaban J connectivity index is 2.12. The zero-order chi connectivity index (χ0) is 15.2. The molecular formula is C16H21ClN2O2. The van der Waals surface area contributed by atoms with Crippen LogP contribution in [0, 0.1) is 5.41 Å². The van der Waals surface area contributed by atoms with Crippen molar-refractivity contribution < 1.29 is 9.47 Å². The van der Waals surface area contributed by atoms with Gasteiger partial charge in [-0.25, -0.2) is 4.98 Å². The van der Waals surface area contributed by atoms with Gasteiger partial charge in [0.05, 0.1) is 30.1 Å². The summed E-state index contributed by atoms with van der Waals surface area (Å²) in [6.07, 6.45) is 1.25. The number of hydrogen-bond acceptors (Lipinski definition) is 3. The molecule has 0 aliphatic heterocycles. The molecule has 3 rings (SSSR count). The molecule has 0 spiro atoms. The van der Waals surface area contributed by atoms with Crippen LogP contribution >= 0.6 is 11.6 Å². The summed E-state index contributed by atoms with van der Waals surface area (Å²) in [5.74, 6) is 2.15. The number of hydrogen-bond donors (Lipinski definition) is 0. The first-order chi connectivity index (χ1) is 10.0. The lowest BCUT2D eigenvalue weighted by atomic mass is 9.64. The van der Waals surface area contributed by atoms with Crippen LogP contribution in [0.15, 0.2) is 18.2 Å². The van der Waals surface area contributed by atoms with E-state index < -0.39 is 0 Å². The number of nitrogens with zero attached hydrogens (tertiary/aromatic N) is 2. The van der Waals surface area contributed by atoms with E-state index in [4.69, 9.17) is 21.1 Å². The van der Waals surface area contributed by atoms with Crippen LogP contribution in [0.5, 0.6) is 5.75 Å². The van der Waals surface area contributed by atoms with Gasteiger partial charge in [0.15, 0.2) is 0 Å². The SMILES string of the molecule is COc1ccc2nc(CCl)n(C3CC(OC)C3(C)C)c2c1. The lowest BCUT2D eigenvalue weighted by Gasteiger charge is -2.52. The highest BCUT2D eigenvalue weighted by molar-refractivity contribution is 6.16. The Bertz CT molecular complexity index is 666. The second-order valence-corrected chi connectivity index (χ2v) is 6.45. The van der Waals surface area contributed by atoms with Crippen LogP contribution in [0.4, 0.5) is 0 Å². The standard InChI is InChI=1S/C16H21ClN2O2/c1-16(2)13(8-14(16)21-4)19-12-7-10(20-3)5-6-11(12)18-15(19)9-17/h5-7,13-14H,8-9H2,1-4H3. The molecule has 114 valence electrons. The fraction of sp³-hybridized carbons (Fsp3) is 0.562. The predicted molar refractivity (Wildman–Crippen MR) is 84.1 cm³/mol. The van der Waals surface area contributed by atoms with Gasteiger partial charge in [0, 0.05) is 24.6 Å². The Labute approximate surface area is 130 Å². The molecular weight excluding hydrogens is 288 g/mol. The van der Waals surface area contributed by atoms with Gasteiger partial charge in [0.2, 0.25) is 0 Å². The van der Waals surface area contributed by atoms with Crippen LogP contribution in [-0.2, 0) is 10.6 Å². The van der Waals surface area contributed by atoms with E-state index in [1.807, 2.05) is 18.2 Å². The molecule has 0 bridgehead atoms. The average Bonchev–Trinajstić information content (AvgIpc) is 2.84. The summed E-state index contributed by atoms with van der Waals surface area (Å²) >= 11 is 6.12. The minimum Gasteiger partial charge on any atom is -0.497 e. The highest BCUT2D eigenvalue weighted by atomic mass is 35.5. The minimum atomic E-state index is 0.0618. The van der Waals surface area contributed by atoms with Crippen LogP contribution in [0.1, 0.15) is 32.1 Å². The van der Waals surface area contributed by atoms with E-state index in [1.54, 1.807) is 14.2 Å². The summed E-state index contributed by atoms with van der Waals surface area (Å²) in [6, 6.07) is 6.30. The number of imidazole rings is 1. The number of rotatable bonds is 4. The van der Waals surface area contributed by atoms with Crippen molar-refractivity contribution in [2.75, 3.05) is 14.2 Å². The second kappa shape index (κ2) is 5.18. The Kier molecular flexibility index (Phi) is 3.62. The number of benzene rings is 1. The smallest absolute Gasteiger partial charge is 0.125 e. The maximum atomic E-state index is 6.12. The van der Waals surface area contributed by atoms with Gasteiger partial charge in [-0.2, -0.15) is 0 Å². The van der Waals surface area contributed by atoms with Gasteiger partial charge >= 0.3 is 0 Å². The zero-order valence-electron chi connectivity index (χ0n) is 12.9. The first kappa shape index (κ1) is 14.7. The Hall–Kier alpha value is -1.26. The van der Waals surface area contributed by atoms with E-state index in [1.165, 1.54) is 0 Å². The molecule has 2 aromatic rings. The molecule has 1 saturated carbocycles. The van der Waals surface area contributed by atoms with Gasteiger partial charge in [-0.05, 0) is 18.6 Å². The maximum absolute atomic E-state index is 6.12. The van der Waals surface area contributed by atoms with Crippen molar-refractivity contribution in [2.45, 2.75) is 38.3 Å². The summed E-state index contributed by atoms with van der Waals surface area (Å²) in [4.78, 5) is 4.66. The predicted octanol–water partition coefficient (Wildman–Crippen LogP) is 3.77. The van der Waals surface area contributed by atoms with E-state index >= 15 is 0 Å². The molecule has 1 aromatic heterocycles. The summed E-state index contributed by atoms with van der Waals surface area (Å²) in [5.41, 5.74) is 2.10. The van der Waals surface area contributed by atoms with Crippen LogP contribution < -0.4 is 4.74 Å². The van der Waals surface area contributed by atoms with Gasteiger partial charge in [-0.3, -0.25) is 0 Å². The highest BCUT2D eigenvalue weighted by Gasteiger charge is 2.50. The molecule has 1 heterocycles. The van der Waals surface area contributed by atoms with Crippen LogP contribution in [0.25, 0.3) is 11.0 Å². The lowest BCUT2D eigenvalue weighted by molar-refractivity contribution is -0.112. The molecule has 1 aliphatic carbocycles. The van der Waals surface area contributed by atoms with Crippen LogP contribution in [0.2, 0.25) is 0 Å². The topological polar surface area (TPSA) is 36.3 Å². The van der Waals surface area contributed by atoms with E-state index in [0.717, 1.165) is 29.0 Å². The summed E-state index contributed by atoms with van der Waals surface area (Å²) in [7, 11) is 3.46. The van der Waals surface area contributed by atoms with Gasteiger partial charge < -0.3 is 14.0 Å². The van der Waals surface area contributed by atoms with Crippen LogP contribution in [0.3, 0.4) is 0 Å². The lowest BCUT2D eigenvalue weighted by Crippen LogP contribution is -2.51. The third kappa shape index (κ3) is 2.12. The summed E-state index contributed by atoms with van der Waals surface area (Å²) < 4.78 is 13.2. The summed E-state index contributed by atoms with van der Waals surface area (Å²) in [5, 5.41) is 0. The van der Waals surface area contributed by atoms with Crippen molar-refractivity contribution in [3.63, 3.8) is 0 Å². The molecule has 0 radical (unpaired) electrons. The van der Waals surface area contributed by atoms with Crippen molar-refractivity contribution in [1.29, 1.82) is 0 Å². The van der Waals surface area contributed by atoms with Gasteiger partial charge in [-0.15, -0.1) is 11.6 Å². The average molecular weight is 309 g/mol. The number of aromatic nitrogens is 2. The monoisotopic (exact) mass is 308 g/mol. The molecule has 4 nitrogen and oxygen atoms in total. The third-order valence-corrected chi connectivity index (χ3v) is 5.05. The van der Waals surface area contributed by atoms with Crippen molar-refractivity contribution in [3.8, 4) is 5.75 Å². The first-order valence-electron chi connectivity index (χ1n) is 7.16. The summed E-state index contributed by atoms with van der Waals surface area (Å²) in [6.45, 7) is 4.47. The number of halogens is 1. The van der Waals surface area contributed by atoms with E-state index in [0.29, 0.717) is 11.9 Å². The fourth-order valence-electron chi connectivity index (χ4n) is 3.39. The van der Waals surface area contributed by atoms with Gasteiger partial charge in [-0.1, -0.05) is 13.8 Å². The highest BCUT2D eigenvalue weighted by Crippen LogP contribution is 2.52. The fourth-order valence-corrected chi connectivity index (χ4v) is 3.58. The van der Waals surface area contributed by atoms with E-state index in [9.17, 15) is 0 Å². The molecule has 5 heteroatoms. The van der Waals surface area contributed by atoms with E-state index in [-0.39, 0.29) is 11.5 Å². The van der Waals surface area contributed by atoms with Crippen molar-refractivity contribution in [2.24, 2.45) is 5.41 Å². The van der Waals surface area contributed by atoms with E-state index in [2.05, 4.69) is 23.4 Å². The third-order valence-electron chi connectivity index (χ3n) is 4.81. The minimum absolute atomic E-state index is 0.0618. The Morgan fingerprint density at radius 1 is 1.38 bits per heavy atom. The molecule has 1 aliphatic rings. The van der Waals surface area contributed by atoms with Crippen molar-refractivity contribution >= 4 is 22.6 Å². The number of fused-ring (bicyclic) bond motifs is 1. The molecule has 2 unspecified atom stereocenters. The molecule has 0 saturated heterocycles. The number of alkyl halides is 1. The van der Waals surface area contributed by atoms with Crippen molar-refractivity contribution in [3.05, 3.63) is 24.0 Å². The molecule has 0 N–H and O–H groups in total. The van der Waals surface area contributed by atoms with Gasteiger partial charge in [0.1, 0.15) is 11.6 Å². The van der Waals surface area contributed by atoms with Crippen molar-refractivity contribution in [1.82, 2.24) is 9.55 Å². The molecule has 1 aromatic carbocycles. The van der Waals surface area contributed by atoms with Crippen LogP contribution in [-0.4, -0.2) is 29.9 Å². The first-order valence-corrected chi connectivity index (χ1v) is 7.70. The zero-order valence-corrected chi connectivity index (χ0v) is 13.6. The normalized spacial score (nSPS) is 24.0. The number of ether oxygens (including phenoxy) is 2. The quantitative estimate of drug-likeness (QED) is 0.807. The molecule has 1 fully saturated rings. The maximum Gasteiger partial charge on any atom is 0.125 e. The molecule has 2 atom stereocenters.